The smallest absolute Gasteiger partial charge is 0.116 e. The summed E-state index contributed by atoms with van der Waals surface area (Å²) in [5.41, 5.74) is -0.452. The Kier molecular flexibility index (Phi) is 5.85. The van der Waals surface area contributed by atoms with Gasteiger partial charge in [0.25, 0.3) is 0 Å². The van der Waals surface area contributed by atoms with Crippen LogP contribution in [0.5, 0.6) is 0 Å². The largest absolute Gasteiger partial charge is 0.301 e. The second-order valence-electron chi connectivity index (χ2n) is 4.92. The molecule has 0 aliphatic heterocycles. The van der Waals surface area contributed by atoms with Crippen LogP contribution in [0.3, 0.4) is 0 Å². The molecule has 0 aliphatic rings. The summed E-state index contributed by atoms with van der Waals surface area (Å²) < 4.78 is 0. The standard InChI is InChI=1S/C12H25N3/c1-7-11(4)15(6)9-12(5,8-13)14-10(2)3/h10-11,14H,7,9H2,1-6H3. The van der Waals surface area contributed by atoms with Crippen molar-refractivity contribution in [3.05, 3.63) is 0 Å². The van der Waals surface area contributed by atoms with Crippen LogP contribution in [0.1, 0.15) is 41.0 Å². The van der Waals surface area contributed by atoms with E-state index in [4.69, 9.17) is 0 Å². The lowest BCUT2D eigenvalue weighted by molar-refractivity contribution is 0.198. The van der Waals surface area contributed by atoms with E-state index in [2.05, 4.69) is 51.0 Å². The highest BCUT2D eigenvalue weighted by atomic mass is 15.2. The quantitative estimate of drug-likeness (QED) is 0.730. The lowest BCUT2D eigenvalue weighted by Gasteiger charge is -2.33. The number of hydrogen-bond donors (Lipinski definition) is 1. The van der Waals surface area contributed by atoms with Crippen LogP contribution < -0.4 is 5.32 Å². The molecule has 2 unspecified atom stereocenters. The van der Waals surface area contributed by atoms with Crippen LogP contribution in [0.4, 0.5) is 0 Å². The summed E-state index contributed by atoms with van der Waals surface area (Å²) in [6.07, 6.45) is 1.11. The minimum absolute atomic E-state index is 0.333. The Bertz CT molecular complexity index is 219. The molecule has 0 rings (SSSR count). The highest BCUT2D eigenvalue weighted by molar-refractivity contribution is 5.06. The first-order valence-corrected chi connectivity index (χ1v) is 5.73. The normalized spacial score (nSPS) is 17.5. The molecule has 1 N–H and O–H groups in total. The van der Waals surface area contributed by atoms with Crippen molar-refractivity contribution in [1.29, 1.82) is 5.26 Å². The molecule has 0 bridgehead atoms. The van der Waals surface area contributed by atoms with Crippen molar-refractivity contribution in [2.75, 3.05) is 13.6 Å². The number of nitrogens with zero attached hydrogens (tertiary/aromatic N) is 2. The Morgan fingerprint density at radius 3 is 2.27 bits per heavy atom. The fraction of sp³-hybridized carbons (Fsp3) is 0.917. The Labute approximate surface area is 94.5 Å². The number of hydrogen-bond acceptors (Lipinski definition) is 3. The number of rotatable bonds is 6. The van der Waals surface area contributed by atoms with Crippen molar-refractivity contribution in [2.24, 2.45) is 0 Å². The van der Waals surface area contributed by atoms with E-state index in [0.717, 1.165) is 13.0 Å². The first-order chi connectivity index (χ1) is 6.84. The molecule has 0 heterocycles. The average Bonchev–Trinajstić information content (AvgIpc) is 2.15. The van der Waals surface area contributed by atoms with E-state index < -0.39 is 5.54 Å². The second-order valence-corrected chi connectivity index (χ2v) is 4.92. The van der Waals surface area contributed by atoms with E-state index in [-0.39, 0.29) is 0 Å². The summed E-state index contributed by atoms with van der Waals surface area (Å²) in [6, 6.07) is 3.22. The molecule has 3 nitrogen and oxygen atoms in total. The molecule has 0 aliphatic carbocycles. The maximum Gasteiger partial charge on any atom is 0.116 e. The van der Waals surface area contributed by atoms with E-state index in [9.17, 15) is 5.26 Å². The van der Waals surface area contributed by atoms with Crippen molar-refractivity contribution < 1.29 is 0 Å². The van der Waals surface area contributed by atoms with Gasteiger partial charge in [-0.25, -0.2) is 0 Å². The lowest BCUT2D eigenvalue weighted by Crippen LogP contribution is -2.53. The van der Waals surface area contributed by atoms with E-state index >= 15 is 0 Å². The van der Waals surface area contributed by atoms with Gasteiger partial charge in [0.1, 0.15) is 5.54 Å². The van der Waals surface area contributed by atoms with Gasteiger partial charge in [0.15, 0.2) is 0 Å². The Balaban J connectivity index is 4.38. The minimum Gasteiger partial charge on any atom is -0.301 e. The van der Waals surface area contributed by atoms with Gasteiger partial charge in [0, 0.05) is 18.6 Å². The summed E-state index contributed by atoms with van der Waals surface area (Å²) in [6.45, 7) is 11.2. The molecule has 0 aromatic carbocycles. The van der Waals surface area contributed by atoms with Crippen LogP contribution in [0.25, 0.3) is 0 Å². The average molecular weight is 211 g/mol. The van der Waals surface area contributed by atoms with Crippen molar-refractivity contribution >= 4 is 0 Å². The summed E-state index contributed by atoms with van der Waals surface area (Å²) in [5, 5.41) is 12.5. The predicted molar refractivity (Wildman–Crippen MR) is 64.7 cm³/mol. The van der Waals surface area contributed by atoms with E-state index in [1.54, 1.807) is 0 Å². The molecule has 0 aromatic heterocycles. The van der Waals surface area contributed by atoms with Gasteiger partial charge in [-0.3, -0.25) is 5.32 Å². The SMILES string of the molecule is CCC(C)N(C)CC(C)(C#N)NC(C)C. The monoisotopic (exact) mass is 211 g/mol. The maximum absolute atomic E-state index is 9.20. The Hall–Kier alpha value is -0.590. The molecule has 0 saturated heterocycles. The molecule has 0 fully saturated rings. The van der Waals surface area contributed by atoms with Gasteiger partial charge in [0.05, 0.1) is 6.07 Å². The van der Waals surface area contributed by atoms with Crippen LogP contribution in [0.2, 0.25) is 0 Å². The zero-order valence-electron chi connectivity index (χ0n) is 11.0. The Morgan fingerprint density at radius 1 is 1.40 bits per heavy atom. The molecule has 88 valence electrons. The first-order valence-electron chi connectivity index (χ1n) is 5.73. The van der Waals surface area contributed by atoms with Gasteiger partial charge >= 0.3 is 0 Å². The minimum atomic E-state index is -0.452. The molecule has 0 radical (unpaired) electrons. The van der Waals surface area contributed by atoms with Crippen LogP contribution in [0, 0.1) is 11.3 Å². The summed E-state index contributed by atoms with van der Waals surface area (Å²) in [5.74, 6) is 0. The predicted octanol–water partition coefficient (Wildman–Crippen LogP) is 2.00. The number of nitriles is 1. The fourth-order valence-corrected chi connectivity index (χ4v) is 1.72. The molecule has 2 atom stereocenters. The second kappa shape index (κ2) is 6.09. The molecule has 0 aromatic rings. The highest BCUT2D eigenvalue weighted by Gasteiger charge is 2.27. The topological polar surface area (TPSA) is 39.1 Å². The molecule has 15 heavy (non-hydrogen) atoms. The highest BCUT2D eigenvalue weighted by Crippen LogP contribution is 2.09. The van der Waals surface area contributed by atoms with Crippen LogP contribution >= 0.6 is 0 Å². The van der Waals surface area contributed by atoms with E-state index in [1.807, 2.05) is 6.92 Å². The number of nitrogens with one attached hydrogen (secondary N) is 1. The molecular weight excluding hydrogens is 186 g/mol. The summed E-state index contributed by atoms with van der Waals surface area (Å²) in [7, 11) is 2.08. The maximum atomic E-state index is 9.20. The molecule has 0 spiro atoms. The Morgan fingerprint density at radius 2 is 1.93 bits per heavy atom. The zero-order chi connectivity index (χ0) is 12.1. The summed E-state index contributed by atoms with van der Waals surface area (Å²) in [4.78, 5) is 2.23. The zero-order valence-corrected chi connectivity index (χ0v) is 11.0. The van der Waals surface area contributed by atoms with E-state index in [0.29, 0.717) is 12.1 Å². The third-order valence-electron chi connectivity index (χ3n) is 2.76. The summed E-state index contributed by atoms with van der Waals surface area (Å²) >= 11 is 0. The van der Waals surface area contributed by atoms with Crippen LogP contribution in [-0.4, -0.2) is 36.1 Å². The molecular formula is C12H25N3. The van der Waals surface area contributed by atoms with Gasteiger partial charge in [-0.05, 0) is 41.2 Å². The van der Waals surface area contributed by atoms with Crippen molar-refractivity contribution in [2.45, 2.75) is 58.7 Å². The van der Waals surface area contributed by atoms with Crippen molar-refractivity contribution in [1.82, 2.24) is 10.2 Å². The van der Waals surface area contributed by atoms with Gasteiger partial charge in [-0.1, -0.05) is 6.92 Å². The third kappa shape index (κ3) is 5.15. The molecule has 0 amide bonds. The lowest BCUT2D eigenvalue weighted by atomic mass is 10.0. The van der Waals surface area contributed by atoms with Crippen LogP contribution in [0.15, 0.2) is 0 Å². The van der Waals surface area contributed by atoms with Crippen molar-refractivity contribution in [3.8, 4) is 6.07 Å². The third-order valence-corrected chi connectivity index (χ3v) is 2.76. The molecule has 0 saturated carbocycles. The first kappa shape index (κ1) is 14.4. The van der Waals surface area contributed by atoms with Crippen LogP contribution in [-0.2, 0) is 0 Å². The van der Waals surface area contributed by atoms with Crippen molar-refractivity contribution in [3.63, 3.8) is 0 Å². The fourth-order valence-electron chi connectivity index (χ4n) is 1.72. The van der Waals surface area contributed by atoms with Gasteiger partial charge in [0.2, 0.25) is 0 Å². The molecule has 3 heteroatoms. The van der Waals surface area contributed by atoms with Gasteiger partial charge in [-0.2, -0.15) is 5.26 Å². The number of likely N-dealkylation sites (N-methyl/N-ethyl adjacent to an activating group) is 1. The van der Waals surface area contributed by atoms with Gasteiger partial charge < -0.3 is 4.90 Å². The van der Waals surface area contributed by atoms with Gasteiger partial charge in [-0.15, -0.1) is 0 Å². The van der Waals surface area contributed by atoms with E-state index in [1.165, 1.54) is 0 Å².